The number of aliphatic hydroxyl groups is 2. The second-order valence-corrected chi connectivity index (χ2v) is 11.6. The fourth-order valence-electron chi connectivity index (χ4n) is 7.90. The molecule has 3 N–H and O–H groups in total. The molecule has 0 unspecified atom stereocenters. The fraction of sp³-hybridized carbons (Fsp3) is 0.714. The summed E-state index contributed by atoms with van der Waals surface area (Å²) < 4.78 is 11.0. The van der Waals surface area contributed by atoms with Gasteiger partial charge in [0.25, 0.3) is 0 Å². The zero-order valence-electron chi connectivity index (χ0n) is 20.3. The van der Waals surface area contributed by atoms with Crippen LogP contribution in [0.5, 0.6) is 11.5 Å². The van der Waals surface area contributed by atoms with Crippen LogP contribution in [0.4, 0.5) is 0 Å². The highest BCUT2D eigenvalue weighted by molar-refractivity contribution is 5.44. The van der Waals surface area contributed by atoms with Crippen LogP contribution in [0.25, 0.3) is 0 Å². The van der Waals surface area contributed by atoms with Crippen molar-refractivity contribution in [2.75, 3.05) is 19.9 Å². The molecule has 7 atom stereocenters. The van der Waals surface area contributed by atoms with Crippen molar-refractivity contribution in [2.45, 2.75) is 71.4 Å². The number of allylic oxidation sites excluding steroid dienone is 1. The number of aliphatic hydroxyl groups excluding tert-OH is 2. The molecule has 182 valence electrons. The van der Waals surface area contributed by atoms with E-state index in [1.54, 1.807) is 0 Å². The molecular formula is C28H41NO4. The third-order valence-corrected chi connectivity index (χ3v) is 10.1. The maximum Gasteiger partial charge on any atom is 0.231 e. The van der Waals surface area contributed by atoms with E-state index in [1.807, 2.05) is 6.07 Å². The lowest BCUT2D eigenvalue weighted by atomic mass is 9.49. The van der Waals surface area contributed by atoms with Gasteiger partial charge < -0.3 is 25.0 Å². The Balaban J connectivity index is 1.36. The largest absolute Gasteiger partial charge is 0.454 e. The first-order valence-corrected chi connectivity index (χ1v) is 12.9. The van der Waals surface area contributed by atoms with E-state index >= 15 is 0 Å². The van der Waals surface area contributed by atoms with Gasteiger partial charge in [-0.25, -0.2) is 0 Å². The Morgan fingerprint density at radius 2 is 1.91 bits per heavy atom. The lowest BCUT2D eigenvalue weighted by molar-refractivity contribution is -0.0933. The predicted octanol–water partition coefficient (Wildman–Crippen LogP) is 4.66. The van der Waals surface area contributed by atoms with Crippen molar-refractivity contribution in [3.63, 3.8) is 0 Å². The minimum absolute atomic E-state index is 0.0737. The molecule has 4 aliphatic rings. The molecule has 3 aliphatic carbocycles. The van der Waals surface area contributed by atoms with Gasteiger partial charge in [-0.15, -0.1) is 0 Å². The first kappa shape index (κ1) is 23.2. The first-order chi connectivity index (χ1) is 15.8. The molecule has 0 radical (unpaired) electrons. The number of ether oxygens (including phenoxy) is 2. The third kappa shape index (κ3) is 4.00. The van der Waals surface area contributed by atoms with E-state index in [-0.39, 0.29) is 29.5 Å². The molecule has 5 heteroatoms. The van der Waals surface area contributed by atoms with Gasteiger partial charge in [-0.05, 0) is 104 Å². The molecule has 0 bridgehead atoms. The van der Waals surface area contributed by atoms with E-state index in [4.69, 9.17) is 9.47 Å². The molecule has 0 aromatic heterocycles. The van der Waals surface area contributed by atoms with E-state index in [2.05, 4.69) is 37.9 Å². The normalized spacial score (nSPS) is 40.1. The lowest BCUT2D eigenvalue weighted by Gasteiger charge is -2.56. The molecule has 33 heavy (non-hydrogen) atoms. The summed E-state index contributed by atoms with van der Waals surface area (Å²) in [5, 5.41) is 24.4. The summed E-state index contributed by atoms with van der Waals surface area (Å²) in [5.41, 5.74) is 2.96. The van der Waals surface area contributed by atoms with Crippen molar-refractivity contribution in [2.24, 2.45) is 34.5 Å². The average Bonchev–Trinajstić information content (AvgIpc) is 3.39. The lowest BCUT2D eigenvalue weighted by Crippen LogP contribution is -2.53. The Morgan fingerprint density at radius 3 is 2.73 bits per heavy atom. The van der Waals surface area contributed by atoms with Crippen LogP contribution in [-0.4, -0.2) is 36.3 Å². The molecule has 1 heterocycles. The zero-order valence-corrected chi connectivity index (χ0v) is 20.3. The van der Waals surface area contributed by atoms with E-state index in [9.17, 15) is 10.2 Å². The quantitative estimate of drug-likeness (QED) is 0.544. The third-order valence-electron chi connectivity index (χ3n) is 10.1. The Morgan fingerprint density at radius 1 is 1.09 bits per heavy atom. The van der Waals surface area contributed by atoms with Gasteiger partial charge in [0.2, 0.25) is 6.79 Å². The van der Waals surface area contributed by atoms with Crippen LogP contribution in [0.15, 0.2) is 30.4 Å². The number of hydrogen-bond donors (Lipinski definition) is 3. The fourth-order valence-corrected chi connectivity index (χ4v) is 7.90. The highest BCUT2D eigenvalue weighted by atomic mass is 16.7. The molecule has 0 amide bonds. The summed E-state index contributed by atoms with van der Waals surface area (Å²) in [5.74, 6) is 3.58. The summed E-state index contributed by atoms with van der Waals surface area (Å²) in [6.45, 7) is 11.6. The van der Waals surface area contributed by atoms with Crippen LogP contribution in [0.2, 0.25) is 0 Å². The van der Waals surface area contributed by atoms with Crippen LogP contribution < -0.4 is 14.8 Å². The maximum atomic E-state index is 10.3. The number of rotatable bonds is 6. The Labute approximate surface area is 198 Å². The summed E-state index contributed by atoms with van der Waals surface area (Å²) in [4.78, 5) is 0. The summed E-state index contributed by atoms with van der Waals surface area (Å²) >= 11 is 0. The van der Waals surface area contributed by atoms with Crippen molar-refractivity contribution < 1.29 is 19.7 Å². The second-order valence-electron chi connectivity index (χ2n) is 11.6. The van der Waals surface area contributed by atoms with Gasteiger partial charge in [-0.2, -0.15) is 0 Å². The highest BCUT2D eigenvalue weighted by Crippen LogP contribution is 2.63. The van der Waals surface area contributed by atoms with Gasteiger partial charge in [0.05, 0.1) is 6.10 Å². The van der Waals surface area contributed by atoms with E-state index < -0.39 is 0 Å². The van der Waals surface area contributed by atoms with Gasteiger partial charge in [0.15, 0.2) is 11.5 Å². The molecular weight excluding hydrogens is 414 g/mol. The predicted molar refractivity (Wildman–Crippen MR) is 129 cm³/mol. The van der Waals surface area contributed by atoms with E-state index in [1.165, 1.54) is 30.4 Å². The van der Waals surface area contributed by atoms with Crippen LogP contribution in [0.3, 0.4) is 0 Å². The van der Waals surface area contributed by atoms with Gasteiger partial charge in [0, 0.05) is 13.2 Å². The Bertz CT molecular complexity index is 887. The molecule has 1 aliphatic heterocycles. The molecule has 0 spiro atoms. The first-order valence-electron chi connectivity index (χ1n) is 12.9. The van der Waals surface area contributed by atoms with Crippen molar-refractivity contribution in [1.29, 1.82) is 0 Å². The highest BCUT2D eigenvalue weighted by Gasteiger charge is 2.56. The monoisotopic (exact) mass is 455 g/mol. The molecule has 0 saturated heterocycles. The maximum absolute atomic E-state index is 10.3. The Hall–Kier alpha value is -1.56. The zero-order chi connectivity index (χ0) is 23.2. The SMILES string of the molecule is C=C1CC[C@H]2[C@H](CNCc3ccc4c(c3)OCO4)[C@@H]([C@@]3(C)CC[C@H](O)C[C@@H]3CO)CC[C@]12C. The average molecular weight is 456 g/mol. The van der Waals surface area contributed by atoms with Gasteiger partial charge >= 0.3 is 0 Å². The number of fused-ring (bicyclic) bond motifs is 2. The van der Waals surface area contributed by atoms with Crippen molar-refractivity contribution in [3.05, 3.63) is 35.9 Å². The summed E-state index contributed by atoms with van der Waals surface area (Å²) in [7, 11) is 0. The van der Waals surface area contributed by atoms with Crippen LogP contribution in [0.1, 0.15) is 64.4 Å². The van der Waals surface area contributed by atoms with Gasteiger partial charge in [-0.1, -0.05) is 32.1 Å². The molecule has 1 aromatic rings. The molecule has 5 nitrogen and oxygen atoms in total. The summed E-state index contributed by atoms with van der Waals surface area (Å²) in [6.07, 6.45) is 7.09. The minimum atomic E-state index is -0.266. The van der Waals surface area contributed by atoms with E-state index in [0.29, 0.717) is 24.5 Å². The van der Waals surface area contributed by atoms with Crippen LogP contribution in [0, 0.1) is 34.5 Å². The molecule has 1 aromatic carbocycles. The minimum Gasteiger partial charge on any atom is -0.454 e. The van der Waals surface area contributed by atoms with Crippen molar-refractivity contribution in [1.82, 2.24) is 5.32 Å². The van der Waals surface area contributed by atoms with Crippen LogP contribution in [-0.2, 0) is 6.54 Å². The Kier molecular flexibility index (Phi) is 6.26. The van der Waals surface area contributed by atoms with Crippen molar-refractivity contribution >= 4 is 0 Å². The summed E-state index contributed by atoms with van der Waals surface area (Å²) in [6, 6.07) is 6.20. The van der Waals surface area contributed by atoms with Gasteiger partial charge in [0.1, 0.15) is 0 Å². The molecule has 3 fully saturated rings. The number of hydrogen-bond acceptors (Lipinski definition) is 5. The number of benzene rings is 1. The van der Waals surface area contributed by atoms with Crippen molar-refractivity contribution in [3.8, 4) is 11.5 Å². The topological polar surface area (TPSA) is 71.0 Å². The smallest absolute Gasteiger partial charge is 0.231 e. The molecule has 5 rings (SSSR count). The second kappa shape index (κ2) is 8.90. The van der Waals surface area contributed by atoms with E-state index in [0.717, 1.165) is 50.3 Å². The van der Waals surface area contributed by atoms with Gasteiger partial charge in [-0.3, -0.25) is 0 Å². The molecule has 3 saturated carbocycles. The number of nitrogens with one attached hydrogen (secondary N) is 1. The standard InChI is InChI=1S/C28H41NO4/c1-18-4-6-23-22(15-29-14-19-5-7-25-26(12-19)33-17-32-25)24(9-11-27(18,23)2)28(3)10-8-21(31)13-20(28)16-30/h5,7,12,20-24,29-31H,1,4,6,8-11,13-17H2,2-3H3/t20-,21+,22+,23+,24+,27-,28+/m1/s1. The van der Waals surface area contributed by atoms with Crippen LogP contribution >= 0.6 is 0 Å².